The molecule has 0 aromatic carbocycles. The molecule has 0 aliphatic heterocycles. The molecule has 0 aliphatic carbocycles. The number of aliphatic carboxylic acids is 2. The molecule has 0 fully saturated rings. The average molecular weight is 1100 g/mol. The van der Waals surface area contributed by atoms with Crippen molar-refractivity contribution in [3.63, 3.8) is 0 Å². The van der Waals surface area contributed by atoms with Gasteiger partial charge in [-0.2, -0.15) is 0 Å². The Hall–Kier alpha value is -1.78. The summed E-state index contributed by atoms with van der Waals surface area (Å²) in [4.78, 5) is 19.8. The first-order valence-corrected chi connectivity index (χ1v) is 27.2. The van der Waals surface area contributed by atoms with Crippen LogP contribution in [0.5, 0.6) is 0 Å². The van der Waals surface area contributed by atoms with Gasteiger partial charge in [0.05, 0.1) is 0 Å². The van der Waals surface area contributed by atoms with Gasteiger partial charge in [-0.25, -0.2) is 0 Å². The maximum atomic E-state index is 9.90. The van der Waals surface area contributed by atoms with Crippen molar-refractivity contribution in [3.8, 4) is 0 Å². The number of aliphatic hydroxyl groups excluding tert-OH is 10. The van der Waals surface area contributed by atoms with Crippen LogP contribution in [0.25, 0.3) is 0 Å². The van der Waals surface area contributed by atoms with Crippen molar-refractivity contribution in [3.05, 3.63) is 0 Å². The molecule has 0 rings (SSSR count). The minimum atomic E-state index is -1.10. The second-order valence-corrected chi connectivity index (χ2v) is 16.8. The van der Waals surface area contributed by atoms with Crippen LogP contribution in [0.1, 0.15) is 261 Å². The Kier molecular flexibility index (Phi) is 116. The Labute approximate surface area is 447 Å². The van der Waals surface area contributed by atoms with Gasteiger partial charge in [0.1, 0.15) is 0 Å². The second-order valence-electron chi connectivity index (χ2n) is 16.8. The Bertz CT molecular complexity index is 733. The summed E-state index contributed by atoms with van der Waals surface area (Å²) in [5.41, 5.74) is 0. The molecule has 0 saturated heterocycles. The van der Waals surface area contributed by atoms with E-state index in [2.05, 4.69) is 0 Å². The number of unbranched alkanes of at least 4 members (excludes halogenated alkanes) is 12. The molecule has 22 heteroatoms. The highest BCUT2D eigenvalue weighted by Gasteiger charge is 2.00. The third-order valence-electron chi connectivity index (χ3n) is 8.62. The molecule has 22 nitrogen and oxygen atoms in total. The van der Waals surface area contributed by atoms with E-state index < -0.39 is 62.3 Å². The largest absolute Gasteiger partial charge is 0.481 e. The molecule has 0 unspecified atom stereocenters. The summed E-state index contributed by atoms with van der Waals surface area (Å²) >= 11 is 0. The summed E-state index contributed by atoms with van der Waals surface area (Å²) in [6.45, 7) is 16.7. The molecule has 20 N–H and O–H groups in total. The maximum Gasteiger partial charge on any atom is 0.303 e. The summed E-state index contributed by atoms with van der Waals surface area (Å²) < 4.78 is 0. The molecule has 0 aromatic heterocycles. The fraction of sp³-hybridized carbons (Fsp3) is 0.962. The van der Waals surface area contributed by atoms with E-state index in [4.69, 9.17) is 102 Å². The van der Waals surface area contributed by atoms with Crippen molar-refractivity contribution in [1.29, 1.82) is 0 Å². The van der Waals surface area contributed by atoms with Gasteiger partial charge < -0.3 is 102 Å². The molecule has 0 amide bonds. The molecule has 0 atom stereocenters. The summed E-state index contributed by atoms with van der Waals surface area (Å²) in [6.07, 6.45) is 15.6. The molecule has 0 radical (unpaired) electrons. The van der Waals surface area contributed by atoms with Crippen LogP contribution in [0.15, 0.2) is 0 Å². The summed E-state index contributed by atoms with van der Waals surface area (Å²) in [5.74, 6) is -1.74. The fourth-order valence-corrected chi connectivity index (χ4v) is 4.22. The van der Waals surface area contributed by atoms with Crippen LogP contribution < -0.4 is 0 Å². The van der Waals surface area contributed by atoms with Gasteiger partial charge in [0.15, 0.2) is 50.3 Å². The van der Waals surface area contributed by atoms with Gasteiger partial charge in [-0.3, -0.25) is 9.59 Å². The van der Waals surface area contributed by atoms with Crippen LogP contribution in [0.4, 0.5) is 0 Å². The topological polar surface area (TPSA) is 439 Å². The quantitative estimate of drug-likeness (QED) is 0.0293. The Morgan fingerprint density at radius 1 is 0.243 bits per heavy atom. The molecule has 0 saturated carbocycles. The zero-order valence-corrected chi connectivity index (χ0v) is 47.4. The summed E-state index contributed by atoms with van der Waals surface area (Å²) in [6, 6.07) is 0. The normalized spacial score (nSPS) is 10.1. The molecular weight excluding hydrogens is 977 g/mol. The van der Waals surface area contributed by atoms with Crippen LogP contribution in [-0.2, 0) is 9.59 Å². The zero-order valence-electron chi connectivity index (χ0n) is 47.4. The Morgan fingerprint density at radius 3 is 0.446 bits per heavy atom. The number of hydrogen-bond donors (Lipinski definition) is 20. The molecule has 460 valence electrons. The minimum Gasteiger partial charge on any atom is -0.481 e. The number of rotatable bonds is 34. The van der Waals surface area contributed by atoms with Gasteiger partial charge in [0.25, 0.3) is 0 Å². The SMILES string of the molecule is CCCCC(O)O.CCCCC(O)O.CCCCC(O)O.CCCCC(O)O.CCCCC(O)O.CCCCC(O)O.CCCCC(O)O.CCCCC(O)O.O=C(O)CCCCC(=O)O.OCCCCCCO. The lowest BCUT2D eigenvalue weighted by Gasteiger charge is -1.97. The van der Waals surface area contributed by atoms with E-state index >= 15 is 0 Å². The van der Waals surface area contributed by atoms with Crippen molar-refractivity contribution in [1.82, 2.24) is 0 Å². The van der Waals surface area contributed by atoms with E-state index in [0.29, 0.717) is 64.2 Å². The van der Waals surface area contributed by atoms with Gasteiger partial charge in [-0.05, 0) is 128 Å². The number of carbonyl (C=O) groups is 2. The van der Waals surface area contributed by atoms with Gasteiger partial charge in [-0.1, -0.05) is 120 Å². The predicted octanol–water partition coefficient (Wildman–Crippen LogP) is 5.15. The number of aliphatic hydroxyl groups is 18. The summed E-state index contributed by atoms with van der Waals surface area (Å²) in [7, 11) is 0. The van der Waals surface area contributed by atoms with E-state index in [9.17, 15) is 9.59 Å². The first-order valence-electron chi connectivity index (χ1n) is 27.2. The van der Waals surface area contributed by atoms with Crippen LogP contribution in [0.3, 0.4) is 0 Å². The van der Waals surface area contributed by atoms with E-state index in [1.165, 1.54) is 0 Å². The van der Waals surface area contributed by atoms with Gasteiger partial charge in [0.2, 0.25) is 0 Å². The second kappa shape index (κ2) is 90.7. The lowest BCUT2D eigenvalue weighted by Crippen LogP contribution is -2.02. The highest BCUT2D eigenvalue weighted by Crippen LogP contribution is 2.01. The van der Waals surface area contributed by atoms with Gasteiger partial charge in [-0.15, -0.1) is 0 Å². The van der Waals surface area contributed by atoms with Crippen LogP contribution in [-0.4, -0.2) is 178 Å². The third-order valence-corrected chi connectivity index (χ3v) is 8.62. The lowest BCUT2D eigenvalue weighted by atomic mass is 10.2. The summed E-state index contributed by atoms with van der Waals surface area (Å²) in [5, 5.41) is 165. The van der Waals surface area contributed by atoms with Crippen LogP contribution in [0, 0.1) is 0 Å². The molecule has 0 aliphatic rings. The van der Waals surface area contributed by atoms with Crippen molar-refractivity contribution in [2.75, 3.05) is 13.2 Å². The average Bonchev–Trinajstić information content (AvgIpc) is 3.33. The van der Waals surface area contributed by atoms with Crippen molar-refractivity contribution < 1.29 is 112 Å². The van der Waals surface area contributed by atoms with Crippen LogP contribution >= 0.6 is 0 Å². The first kappa shape index (κ1) is 94.6. The molecule has 74 heavy (non-hydrogen) atoms. The van der Waals surface area contributed by atoms with E-state index in [0.717, 1.165) is 128 Å². The molecule has 0 spiro atoms. The van der Waals surface area contributed by atoms with Gasteiger partial charge in [0, 0.05) is 26.1 Å². The smallest absolute Gasteiger partial charge is 0.303 e. The molecule has 0 heterocycles. The minimum absolute atomic E-state index is 0.0628. The number of carboxylic acid groups (broad SMARTS) is 2. The van der Waals surface area contributed by atoms with Gasteiger partial charge >= 0.3 is 11.9 Å². The lowest BCUT2D eigenvalue weighted by molar-refractivity contribution is -0.139. The van der Waals surface area contributed by atoms with Crippen molar-refractivity contribution in [2.24, 2.45) is 0 Å². The molecule has 0 aromatic rings. The van der Waals surface area contributed by atoms with E-state index in [1.54, 1.807) is 0 Å². The Morgan fingerprint density at radius 2 is 0.378 bits per heavy atom. The number of carboxylic acids is 2. The zero-order chi connectivity index (χ0) is 59.8. The van der Waals surface area contributed by atoms with Crippen molar-refractivity contribution >= 4 is 11.9 Å². The monoisotopic (exact) mass is 1100 g/mol. The van der Waals surface area contributed by atoms with E-state index in [-0.39, 0.29) is 26.1 Å². The Balaban J connectivity index is -0.0000000770. The fourth-order valence-electron chi connectivity index (χ4n) is 4.22. The maximum absolute atomic E-state index is 9.90. The van der Waals surface area contributed by atoms with E-state index in [1.807, 2.05) is 55.4 Å². The standard InChI is InChI=1S/C6H10O4.C6H14O2.8C5H12O2/c7-5(8)3-1-2-4-6(9)10;7-5-3-1-2-4-6-8;8*1-2-3-4-5(6)7/h1-4H2,(H,7,8)(H,9,10);7-8H,1-6H2;8*5-7H,2-4H2,1H3. The number of hydrogen-bond acceptors (Lipinski definition) is 20. The highest BCUT2D eigenvalue weighted by atomic mass is 16.5. The molecular formula is C52H120O22. The first-order chi connectivity index (χ1) is 34.7. The predicted molar refractivity (Wildman–Crippen MR) is 288 cm³/mol. The molecule has 0 bridgehead atoms. The third kappa shape index (κ3) is 189. The van der Waals surface area contributed by atoms with Crippen LogP contribution in [0.2, 0.25) is 0 Å². The van der Waals surface area contributed by atoms with Crippen molar-refractivity contribution in [2.45, 2.75) is 311 Å². The highest BCUT2D eigenvalue weighted by molar-refractivity contribution is 5.67.